The molecule has 1 aromatic carbocycles. The molecule has 0 aliphatic heterocycles. The fraction of sp³-hybridized carbons (Fsp3) is 0.600. The quantitative estimate of drug-likeness (QED) is 0.397. The Balaban J connectivity index is 0. The maximum atomic E-state index is 9.98. The summed E-state index contributed by atoms with van der Waals surface area (Å²) in [5.41, 5.74) is 3.66. The van der Waals surface area contributed by atoms with Crippen molar-refractivity contribution < 1.29 is 34.5 Å². The van der Waals surface area contributed by atoms with E-state index in [4.69, 9.17) is 29.4 Å². The van der Waals surface area contributed by atoms with Crippen LogP contribution in [-0.2, 0) is 11.8 Å². The number of benzene rings is 1. The van der Waals surface area contributed by atoms with Crippen molar-refractivity contribution in [2.75, 3.05) is 0 Å². The Morgan fingerprint density at radius 2 is 1.33 bits per heavy atom. The van der Waals surface area contributed by atoms with E-state index < -0.39 is 17.2 Å². The minimum absolute atomic E-state index is 0.0126. The second kappa shape index (κ2) is 12.9. The van der Waals surface area contributed by atoms with E-state index in [-0.39, 0.29) is 5.41 Å². The smallest absolute Gasteiger partial charge is 0.324 e. The highest BCUT2D eigenvalue weighted by molar-refractivity contribution is 7.38. The average molecular weight is 384 g/mol. The zero-order valence-corrected chi connectivity index (χ0v) is 16.6. The van der Waals surface area contributed by atoms with Gasteiger partial charge in [0.1, 0.15) is 5.75 Å². The predicted octanol–water partition coefficient (Wildman–Crippen LogP) is 2.72. The molecule has 9 heteroatoms. The van der Waals surface area contributed by atoms with Gasteiger partial charge in [0.25, 0.3) is 0 Å². The first kappa shape index (κ1) is 25.9. The zero-order chi connectivity index (χ0) is 19.5. The summed E-state index contributed by atoms with van der Waals surface area (Å²) in [6, 6.07) is 4.09. The third-order valence-corrected chi connectivity index (χ3v) is 3.06. The van der Waals surface area contributed by atoms with Crippen LogP contribution in [0.2, 0.25) is 0 Å². The Morgan fingerprint density at radius 3 is 1.67 bits per heavy atom. The minimum Gasteiger partial charge on any atom is -0.508 e. The molecule has 0 aromatic heterocycles. The third kappa shape index (κ3) is 14.0. The monoisotopic (exact) mass is 384 g/mol. The standard InChI is InChI=1S/C15H24O.2H3O3P/c1-6-7-8-12-10-13(15(3,4)5)14(16)9-11(12)2;2*1-4(2)3/h9-10,16H,6-8H2,1-5H3;2*1-3H. The molecule has 0 fully saturated rings. The molecule has 7 N–H and O–H groups in total. The van der Waals surface area contributed by atoms with Gasteiger partial charge in [-0.25, -0.2) is 0 Å². The van der Waals surface area contributed by atoms with Gasteiger partial charge in [-0.1, -0.05) is 40.2 Å². The summed E-state index contributed by atoms with van der Waals surface area (Å²) in [6.07, 6.45) is 3.55. The van der Waals surface area contributed by atoms with E-state index in [9.17, 15) is 5.11 Å². The number of unbranched alkanes of at least 4 members (excludes halogenated alkanes) is 1. The summed E-state index contributed by atoms with van der Waals surface area (Å²) >= 11 is 0. The summed E-state index contributed by atoms with van der Waals surface area (Å²) < 4.78 is 0. The van der Waals surface area contributed by atoms with Gasteiger partial charge in [0.15, 0.2) is 0 Å². The Morgan fingerprint density at radius 1 is 0.917 bits per heavy atom. The van der Waals surface area contributed by atoms with Gasteiger partial charge in [0.05, 0.1) is 0 Å². The molecule has 0 saturated heterocycles. The maximum Gasteiger partial charge on any atom is 0.324 e. The highest BCUT2D eigenvalue weighted by Gasteiger charge is 2.19. The van der Waals surface area contributed by atoms with Gasteiger partial charge in [-0.05, 0) is 47.9 Å². The number of hydrogen-bond donors (Lipinski definition) is 7. The minimum atomic E-state index is -2.62. The fourth-order valence-electron chi connectivity index (χ4n) is 1.97. The number of aromatic hydroxyl groups is 1. The summed E-state index contributed by atoms with van der Waals surface area (Å²) in [5, 5.41) is 9.98. The van der Waals surface area contributed by atoms with Crippen LogP contribution < -0.4 is 0 Å². The lowest BCUT2D eigenvalue weighted by Gasteiger charge is -2.22. The van der Waals surface area contributed by atoms with E-state index in [1.165, 1.54) is 24.0 Å². The van der Waals surface area contributed by atoms with Gasteiger partial charge in [-0.2, -0.15) is 0 Å². The van der Waals surface area contributed by atoms with Crippen LogP contribution in [0.1, 0.15) is 57.2 Å². The number of phenols is 1. The van der Waals surface area contributed by atoms with Crippen molar-refractivity contribution in [3.63, 3.8) is 0 Å². The van der Waals surface area contributed by atoms with Crippen LogP contribution >= 0.6 is 17.2 Å². The fourth-order valence-corrected chi connectivity index (χ4v) is 1.97. The van der Waals surface area contributed by atoms with Crippen molar-refractivity contribution in [2.24, 2.45) is 0 Å². The lowest BCUT2D eigenvalue weighted by molar-refractivity contribution is 0.366. The molecular formula is C15H30O7P2. The van der Waals surface area contributed by atoms with Crippen LogP contribution in [0.25, 0.3) is 0 Å². The van der Waals surface area contributed by atoms with Gasteiger partial charge in [-0.3, -0.25) is 0 Å². The first-order valence-corrected chi connectivity index (χ1v) is 9.79. The van der Waals surface area contributed by atoms with Crippen molar-refractivity contribution in [1.82, 2.24) is 0 Å². The van der Waals surface area contributed by atoms with Crippen molar-refractivity contribution in [3.05, 3.63) is 28.8 Å². The summed E-state index contributed by atoms with van der Waals surface area (Å²) in [6.45, 7) is 10.7. The largest absolute Gasteiger partial charge is 0.508 e. The van der Waals surface area contributed by atoms with Gasteiger partial charge in [-0.15, -0.1) is 0 Å². The first-order chi connectivity index (χ1) is 10.8. The molecule has 0 atom stereocenters. The van der Waals surface area contributed by atoms with Crippen molar-refractivity contribution >= 4 is 17.2 Å². The van der Waals surface area contributed by atoms with Gasteiger partial charge in [0, 0.05) is 0 Å². The SMILES string of the molecule is CCCCc1cc(C(C)(C)C)c(O)cc1C.OP(O)O.OP(O)O. The summed E-state index contributed by atoms with van der Waals surface area (Å²) in [5.74, 6) is 0.435. The molecule has 1 aromatic rings. The van der Waals surface area contributed by atoms with Crippen LogP contribution in [0.5, 0.6) is 5.75 Å². The van der Waals surface area contributed by atoms with E-state index in [0.717, 1.165) is 12.0 Å². The van der Waals surface area contributed by atoms with E-state index in [1.54, 1.807) is 0 Å². The Hall–Kier alpha value is -0.360. The molecule has 0 aliphatic carbocycles. The molecule has 7 nitrogen and oxygen atoms in total. The summed E-state index contributed by atoms with van der Waals surface area (Å²) in [7, 11) is -5.24. The number of rotatable bonds is 3. The Labute approximate surface area is 146 Å². The maximum absolute atomic E-state index is 9.98. The average Bonchev–Trinajstić information content (AvgIpc) is 2.34. The van der Waals surface area contributed by atoms with E-state index in [2.05, 4.69) is 40.7 Å². The topological polar surface area (TPSA) is 142 Å². The van der Waals surface area contributed by atoms with Gasteiger partial charge in [0.2, 0.25) is 0 Å². The normalized spacial score (nSPS) is 10.9. The van der Waals surface area contributed by atoms with Gasteiger partial charge < -0.3 is 34.5 Å². The molecule has 0 aliphatic rings. The van der Waals surface area contributed by atoms with E-state index >= 15 is 0 Å². The zero-order valence-electron chi connectivity index (χ0n) is 14.8. The predicted molar refractivity (Wildman–Crippen MR) is 97.3 cm³/mol. The van der Waals surface area contributed by atoms with Crippen molar-refractivity contribution in [1.29, 1.82) is 0 Å². The second-order valence-corrected chi connectivity index (χ2v) is 7.26. The van der Waals surface area contributed by atoms with E-state index in [1.807, 2.05) is 6.07 Å². The molecular weight excluding hydrogens is 354 g/mol. The molecule has 1 rings (SSSR count). The van der Waals surface area contributed by atoms with Gasteiger partial charge >= 0.3 is 17.2 Å². The molecule has 0 spiro atoms. The molecule has 24 heavy (non-hydrogen) atoms. The molecule has 0 amide bonds. The Bertz CT molecular complexity index is 448. The lowest BCUT2D eigenvalue weighted by Crippen LogP contribution is -2.12. The third-order valence-electron chi connectivity index (χ3n) is 3.06. The molecule has 0 saturated carbocycles. The van der Waals surface area contributed by atoms with Crippen LogP contribution in [0.15, 0.2) is 12.1 Å². The van der Waals surface area contributed by atoms with E-state index in [0.29, 0.717) is 5.75 Å². The first-order valence-electron chi connectivity index (χ1n) is 7.39. The number of phenolic OH excluding ortho intramolecular Hbond substituents is 1. The van der Waals surface area contributed by atoms with Crippen LogP contribution in [-0.4, -0.2) is 34.5 Å². The molecule has 0 bridgehead atoms. The van der Waals surface area contributed by atoms with Crippen molar-refractivity contribution in [3.8, 4) is 5.75 Å². The highest BCUT2D eigenvalue weighted by Crippen LogP contribution is 2.33. The molecule has 142 valence electrons. The molecule has 0 radical (unpaired) electrons. The Kier molecular flexibility index (Phi) is 13.9. The number of hydrogen-bond acceptors (Lipinski definition) is 7. The second-order valence-electron chi connectivity index (χ2n) is 6.19. The van der Waals surface area contributed by atoms with Crippen LogP contribution in [0.4, 0.5) is 0 Å². The molecule has 0 unspecified atom stereocenters. The van der Waals surface area contributed by atoms with Crippen molar-refractivity contribution in [2.45, 2.75) is 59.3 Å². The summed E-state index contributed by atoms with van der Waals surface area (Å²) in [4.78, 5) is 43.4. The highest BCUT2D eigenvalue weighted by atomic mass is 31.2. The lowest BCUT2D eigenvalue weighted by atomic mass is 9.84. The molecule has 0 heterocycles. The number of aryl methyl sites for hydroxylation is 2. The van der Waals surface area contributed by atoms with Crippen LogP contribution in [0, 0.1) is 6.92 Å². The van der Waals surface area contributed by atoms with Crippen LogP contribution in [0.3, 0.4) is 0 Å².